The minimum Gasteiger partial charge on any atom is -0.488 e. The Morgan fingerprint density at radius 3 is 2.44 bits per heavy atom. The number of amides is 1. The third-order valence-electron chi connectivity index (χ3n) is 4.02. The van der Waals surface area contributed by atoms with Crippen LogP contribution >= 0.6 is 0 Å². The molecule has 0 saturated heterocycles. The van der Waals surface area contributed by atoms with Crippen LogP contribution < -0.4 is 15.2 Å². The van der Waals surface area contributed by atoms with E-state index >= 15 is 0 Å². The van der Waals surface area contributed by atoms with E-state index < -0.39 is 11.9 Å². The Morgan fingerprint density at radius 1 is 1.07 bits per heavy atom. The number of aromatic amines is 1. The van der Waals surface area contributed by atoms with Crippen molar-refractivity contribution in [1.29, 1.82) is 0 Å². The van der Waals surface area contributed by atoms with Crippen LogP contribution in [0.1, 0.15) is 28.5 Å². The molecule has 3 N–H and O–H groups in total. The maximum Gasteiger partial charge on any atom is 0.308 e. The third kappa shape index (κ3) is 4.36. The molecule has 0 unspecified atom stereocenters. The first-order valence-corrected chi connectivity index (χ1v) is 8.43. The van der Waals surface area contributed by atoms with Crippen molar-refractivity contribution in [2.45, 2.75) is 20.5 Å². The molecule has 6 nitrogen and oxygen atoms in total. The van der Waals surface area contributed by atoms with Gasteiger partial charge in [0.2, 0.25) is 0 Å². The number of hydrogen-bond acceptors (Lipinski definition) is 4. The minimum absolute atomic E-state index is 0.378. The fourth-order valence-corrected chi connectivity index (χ4v) is 2.77. The molecule has 3 aromatic rings. The summed E-state index contributed by atoms with van der Waals surface area (Å²) in [5.74, 6) is 0.0433. The number of nitrogens with one attached hydrogen (secondary N) is 1. The summed E-state index contributed by atoms with van der Waals surface area (Å²) in [6.07, 6.45) is 0. The second-order valence-corrected chi connectivity index (χ2v) is 6.11. The summed E-state index contributed by atoms with van der Waals surface area (Å²) in [5.41, 5.74) is 8.81. The second kappa shape index (κ2) is 7.78. The summed E-state index contributed by atoms with van der Waals surface area (Å²) in [6, 6.07) is 16.5. The number of hydrogen-bond donors (Lipinski definition) is 2. The highest BCUT2D eigenvalue weighted by Crippen LogP contribution is 2.34. The van der Waals surface area contributed by atoms with Crippen LogP contribution in [0.4, 0.5) is 0 Å². The van der Waals surface area contributed by atoms with Crippen molar-refractivity contribution in [2.24, 2.45) is 5.73 Å². The summed E-state index contributed by atoms with van der Waals surface area (Å²) in [4.78, 5) is 26.0. The normalized spacial score (nSPS) is 10.4. The van der Waals surface area contributed by atoms with Crippen molar-refractivity contribution in [2.75, 3.05) is 0 Å². The number of benzene rings is 2. The predicted octanol–water partition coefficient (Wildman–Crippen LogP) is 3.59. The van der Waals surface area contributed by atoms with Crippen molar-refractivity contribution in [1.82, 2.24) is 4.98 Å². The van der Waals surface area contributed by atoms with Gasteiger partial charge in [-0.15, -0.1) is 0 Å². The summed E-state index contributed by atoms with van der Waals surface area (Å²) in [7, 11) is 0. The molecule has 0 spiro atoms. The molecule has 1 aromatic heterocycles. The number of rotatable bonds is 6. The van der Waals surface area contributed by atoms with Crippen molar-refractivity contribution in [3.63, 3.8) is 0 Å². The number of aromatic nitrogens is 1. The molecule has 0 bridgehead atoms. The van der Waals surface area contributed by atoms with Gasteiger partial charge in [-0.3, -0.25) is 9.59 Å². The van der Waals surface area contributed by atoms with E-state index in [4.69, 9.17) is 15.2 Å². The standard InChI is InChI=1S/C21H20N2O4/c1-13-17(21(22)25)11-19(23-13)18-10-16(27-14(2)24)8-9-20(18)26-12-15-6-4-3-5-7-15/h3-11,23H,12H2,1-2H3,(H2,22,25). The zero-order valence-corrected chi connectivity index (χ0v) is 15.1. The van der Waals surface area contributed by atoms with Crippen LogP contribution in [-0.4, -0.2) is 16.9 Å². The van der Waals surface area contributed by atoms with Crippen LogP contribution in [0, 0.1) is 6.92 Å². The van der Waals surface area contributed by atoms with E-state index in [0.717, 1.165) is 5.56 Å². The summed E-state index contributed by atoms with van der Waals surface area (Å²) in [6.45, 7) is 3.48. The number of ether oxygens (including phenoxy) is 2. The van der Waals surface area contributed by atoms with E-state index in [1.54, 1.807) is 31.2 Å². The number of esters is 1. The molecule has 6 heteroatoms. The highest BCUT2D eigenvalue weighted by atomic mass is 16.5. The van der Waals surface area contributed by atoms with Gasteiger partial charge in [0.25, 0.3) is 5.91 Å². The number of primary amides is 1. The van der Waals surface area contributed by atoms with Gasteiger partial charge in [-0.05, 0) is 36.8 Å². The van der Waals surface area contributed by atoms with Crippen molar-refractivity contribution < 1.29 is 19.1 Å². The van der Waals surface area contributed by atoms with E-state index in [-0.39, 0.29) is 0 Å². The van der Waals surface area contributed by atoms with Gasteiger partial charge in [-0.1, -0.05) is 30.3 Å². The van der Waals surface area contributed by atoms with Crippen molar-refractivity contribution in [3.8, 4) is 22.8 Å². The van der Waals surface area contributed by atoms with Gasteiger partial charge >= 0.3 is 5.97 Å². The average Bonchev–Trinajstić information content (AvgIpc) is 3.03. The average molecular weight is 364 g/mol. The van der Waals surface area contributed by atoms with Crippen LogP contribution in [-0.2, 0) is 11.4 Å². The molecule has 0 aliphatic heterocycles. The van der Waals surface area contributed by atoms with Crippen LogP contribution in [0.25, 0.3) is 11.3 Å². The Kier molecular flexibility index (Phi) is 5.26. The van der Waals surface area contributed by atoms with Gasteiger partial charge in [-0.2, -0.15) is 0 Å². The van der Waals surface area contributed by atoms with Crippen LogP contribution in [0.3, 0.4) is 0 Å². The zero-order valence-electron chi connectivity index (χ0n) is 15.1. The molecule has 1 heterocycles. The van der Waals surface area contributed by atoms with Crippen LogP contribution in [0.15, 0.2) is 54.6 Å². The van der Waals surface area contributed by atoms with E-state index in [1.165, 1.54) is 6.92 Å². The Hall–Kier alpha value is -3.54. The molecule has 2 aromatic carbocycles. The first-order valence-electron chi connectivity index (χ1n) is 8.43. The molecular weight excluding hydrogens is 344 g/mol. The predicted molar refractivity (Wildman–Crippen MR) is 102 cm³/mol. The fraction of sp³-hybridized carbons (Fsp3) is 0.143. The Morgan fingerprint density at radius 2 is 1.81 bits per heavy atom. The number of carbonyl (C=O) groups excluding carboxylic acids is 2. The molecule has 1 amide bonds. The molecular formula is C21H20N2O4. The lowest BCUT2D eigenvalue weighted by Gasteiger charge is -2.12. The molecule has 0 saturated carbocycles. The smallest absolute Gasteiger partial charge is 0.308 e. The first kappa shape index (κ1) is 18.3. The number of aryl methyl sites for hydroxylation is 1. The topological polar surface area (TPSA) is 94.4 Å². The Labute approximate surface area is 156 Å². The highest BCUT2D eigenvalue weighted by molar-refractivity contribution is 5.95. The van der Waals surface area contributed by atoms with E-state index in [9.17, 15) is 9.59 Å². The lowest BCUT2D eigenvalue weighted by Crippen LogP contribution is -2.10. The molecule has 0 atom stereocenters. The number of carbonyl (C=O) groups is 2. The van der Waals surface area contributed by atoms with Gasteiger partial charge in [0.15, 0.2) is 0 Å². The van der Waals surface area contributed by atoms with Gasteiger partial charge in [0, 0.05) is 18.2 Å². The van der Waals surface area contributed by atoms with Crippen molar-refractivity contribution in [3.05, 3.63) is 71.4 Å². The van der Waals surface area contributed by atoms with E-state index in [0.29, 0.717) is 40.6 Å². The maximum absolute atomic E-state index is 11.6. The lowest BCUT2D eigenvalue weighted by atomic mass is 10.1. The third-order valence-corrected chi connectivity index (χ3v) is 4.02. The van der Waals surface area contributed by atoms with Gasteiger partial charge in [0.05, 0.1) is 11.3 Å². The molecule has 138 valence electrons. The molecule has 3 rings (SSSR count). The second-order valence-electron chi connectivity index (χ2n) is 6.11. The van der Waals surface area contributed by atoms with Gasteiger partial charge in [-0.25, -0.2) is 0 Å². The molecule has 0 fully saturated rings. The lowest BCUT2D eigenvalue weighted by molar-refractivity contribution is -0.131. The summed E-state index contributed by atoms with van der Waals surface area (Å²) >= 11 is 0. The molecule has 0 radical (unpaired) electrons. The van der Waals surface area contributed by atoms with E-state index in [2.05, 4.69) is 4.98 Å². The van der Waals surface area contributed by atoms with Gasteiger partial charge < -0.3 is 20.2 Å². The Balaban J connectivity index is 1.98. The monoisotopic (exact) mass is 364 g/mol. The van der Waals surface area contributed by atoms with Gasteiger partial charge in [0.1, 0.15) is 18.1 Å². The van der Waals surface area contributed by atoms with Crippen LogP contribution in [0.5, 0.6) is 11.5 Å². The highest BCUT2D eigenvalue weighted by Gasteiger charge is 2.16. The quantitative estimate of drug-likeness (QED) is 0.516. The molecule has 0 aliphatic carbocycles. The zero-order chi connectivity index (χ0) is 19.4. The number of H-pyrrole nitrogens is 1. The molecule has 0 aliphatic rings. The molecule has 27 heavy (non-hydrogen) atoms. The maximum atomic E-state index is 11.6. The SMILES string of the molecule is CC(=O)Oc1ccc(OCc2ccccc2)c(-c2cc(C(N)=O)c(C)[nH]2)c1. The van der Waals surface area contributed by atoms with Crippen LogP contribution in [0.2, 0.25) is 0 Å². The van der Waals surface area contributed by atoms with E-state index in [1.807, 2.05) is 30.3 Å². The first-order chi connectivity index (χ1) is 12.9. The van der Waals surface area contributed by atoms with Crippen molar-refractivity contribution >= 4 is 11.9 Å². The Bertz CT molecular complexity index is 977. The fourth-order valence-electron chi connectivity index (χ4n) is 2.77. The summed E-state index contributed by atoms with van der Waals surface area (Å²) < 4.78 is 11.1. The number of nitrogens with two attached hydrogens (primary N) is 1. The summed E-state index contributed by atoms with van der Waals surface area (Å²) in [5, 5.41) is 0. The minimum atomic E-state index is -0.516. The largest absolute Gasteiger partial charge is 0.488 e.